The second-order valence-corrected chi connectivity index (χ2v) is 6.89. The summed E-state index contributed by atoms with van der Waals surface area (Å²) >= 11 is 3.22. The molecule has 0 aliphatic rings. The van der Waals surface area contributed by atoms with E-state index in [9.17, 15) is 18.8 Å². The molecule has 0 unspecified atom stereocenters. The van der Waals surface area contributed by atoms with Gasteiger partial charge in [0.25, 0.3) is 17.4 Å². The molecule has 3 aromatic rings. The number of pyridine rings is 1. The first-order chi connectivity index (χ1) is 13.3. The molecule has 2 aromatic carbocycles. The molecule has 0 atom stereocenters. The maximum atomic E-state index is 13.8. The lowest BCUT2D eigenvalue weighted by atomic mass is 10.1. The number of hydrogen-bond donors (Lipinski definition) is 3. The Bertz CT molecular complexity index is 1130. The number of aromatic nitrogens is 1. The van der Waals surface area contributed by atoms with Crippen LogP contribution in [0.5, 0.6) is 0 Å². The Morgan fingerprint density at radius 1 is 1.00 bits per heavy atom. The van der Waals surface area contributed by atoms with Gasteiger partial charge in [0, 0.05) is 21.9 Å². The Labute approximate surface area is 167 Å². The maximum absolute atomic E-state index is 13.8. The number of amides is 2. The molecule has 0 fully saturated rings. The summed E-state index contributed by atoms with van der Waals surface area (Å²) in [6.07, 6.45) is 1.46. The summed E-state index contributed by atoms with van der Waals surface area (Å²) in [4.78, 5) is 39.1. The monoisotopic (exact) mass is 443 g/mol. The zero-order chi connectivity index (χ0) is 20.3. The van der Waals surface area contributed by atoms with Crippen molar-refractivity contribution in [3.63, 3.8) is 0 Å². The first-order valence-electron chi connectivity index (χ1n) is 8.21. The second kappa shape index (κ2) is 8.18. The zero-order valence-corrected chi connectivity index (χ0v) is 16.3. The van der Waals surface area contributed by atoms with E-state index in [0.717, 1.165) is 0 Å². The fourth-order valence-corrected chi connectivity index (χ4v) is 2.82. The number of carbonyl (C=O) groups is 2. The Kier molecular flexibility index (Phi) is 5.70. The Balaban J connectivity index is 1.84. The number of halogens is 2. The van der Waals surface area contributed by atoms with Gasteiger partial charge in [-0.25, -0.2) is 4.39 Å². The van der Waals surface area contributed by atoms with Crippen LogP contribution in [0.1, 0.15) is 26.3 Å². The lowest BCUT2D eigenvalue weighted by Crippen LogP contribution is -2.20. The molecule has 0 bridgehead atoms. The van der Waals surface area contributed by atoms with Crippen LogP contribution in [0, 0.1) is 12.7 Å². The quantitative estimate of drug-likeness (QED) is 0.566. The van der Waals surface area contributed by atoms with Gasteiger partial charge in [-0.15, -0.1) is 0 Å². The van der Waals surface area contributed by atoms with Crippen LogP contribution >= 0.6 is 15.9 Å². The number of aryl methyl sites for hydroxylation is 1. The minimum Gasteiger partial charge on any atom is -0.326 e. The largest absolute Gasteiger partial charge is 0.326 e. The molecule has 0 spiro atoms. The van der Waals surface area contributed by atoms with Crippen LogP contribution in [-0.4, -0.2) is 16.8 Å². The van der Waals surface area contributed by atoms with Crippen LogP contribution in [0.3, 0.4) is 0 Å². The van der Waals surface area contributed by atoms with Crippen molar-refractivity contribution in [3.8, 4) is 0 Å². The van der Waals surface area contributed by atoms with Crippen molar-refractivity contribution in [2.75, 3.05) is 10.6 Å². The molecule has 0 saturated carbocycles. The molecule has 0 saturated heterocycles. The highest BCUT2D eigenvalue weighted by molar-refractivity contribution is 9.10. The first kappa shape index (κ1) is 19.5. The fraction of sp³-hybridized carbons (Fsp3) is 0.0500. The number of H-pyrrole nitrogens is 1. The summed E-state index contributed by atoms with van der Waals surface area (Å²) in [5, 5.41) is 5.14. The summed E-state index contributed by atoms with van der Waals surface area (Å²) in [5.74, 6) is -1.78. The van der Waals surface area contributed by atoms with Crippen LogP contribution < -0.4 is 16.2 Å². The standard InChI is InChI=1S/C20H15BrFN3O3/c1-11-6-7-12(18(26)25-17-9-13(21)10-23-20(17)28)8-16(11)24-19(27)14-4-2-3-5-15(14)22/h2-10H,1H3,(H,23,28)(H,24,27)(H,25,26). The molecular formula is C20H15BrFN3O3. The number of hydrogen-bond acceptors (Lipinski definition) is 3. The van der Waals surface area contributed by atoms with Gasteiger partial charge in [-0.1, -0.05) is 18.2 Å². The number of aromatic amines is 1. The van der Waals surface area contributed by atoms with E-state index in [1.54, 1.807) is 25.1 Å². The van der Waals surface area contributed by atoms with E-state index in [2.05, 4.69) is 31.5 Å². The number of anilines is 2. The van der Waals surface area contributed by atoms with Crippen LogP contribution in [0.2, 0.25) is 0 Å². The molecule has 1 aromatic heterocycles. The van der Waals surface area contributed by atoms with Crippen molar-refractivity contribution in [1.29, 1.82) is 0 Å². The molecule has 6 nitrogen and oxygen atoms in total. The highest BCUT2D eigenvalue weighted by Crippen LogP contribution is 2.20. The van der Waals surface area contributed by atoms with E-state index in [0.29, 0.717) is 15.7 Å². The lowest BCUT2D eigenvalue weighted by Gasteiger charge is -2.11. The van der Waals surface area contributed by atoms with Gasteiger partial charge in [0.05, 0.1) is 5.56 Å². The predicted octanol–water partition coefficient (Wildman–Crippen LogP) is 4.09. The van der Waals surface area contributed by atoms with Gasteiger partial charge >= 0.3 is 0 Å². The fourth-order valence-electron chi connectivity index (χ4n) is 2.48. The van der Waals surface area contributed by atoms with Crippen LogP contribution in [0.4, 0.5) is 15.8 Å². The molecule has 2 amide bonds. The van der Waals surface area contributed by atoms with Gasteiger partial charge in [0.15, 0.2) is 0 Å². The molecular weight excluding hydrogens is 429 g/mol. The Hall–Kier alpha value is -3.26. The van der Waals surface area contributed by atoms with Gasteiger partial charge in [0.2, 0.25) is 0 Å². The molecule has 142 valence electrons. The highest BCUT2D eigenvalue weighted by Gasteiger charge is 2.15. The van der Waals surface area contributed by atoms with E-state index >= 15 is 0 Å². The van der Waals surface area contributed by atoms with Gasteiger partial charge in [-0.3, -0.25) is 14.4 Å². The van der Waals surface area contributed by atoms with E-state index < -0.39 is 23.2 Å². The van der Waals surface area contributed by atoms with Crippen molar-refractivity contribution < 1.29 is 14.0 Å². The summed E-state index contributed by atoms with van der Waals surface area (Å²) in [6.45, 7) is 1.75. The van der Waals surface area contributed by atoms with Gasteiger partial charge in [-0.05, 0) is 58.7 Å². The lowest BCUT2D eigenvalue weighted by molar-refractivity contribution is 0.101. The molecule has 0 aliphatic carbocycles. The molecule has 8 heteroatoms. The Morgan fingerprint density at radius 2 is 1.71 bits per heavy atom. The van der Waals surface area contributed by atoms with Crippen molar-refractivity contribution in [3.05, 3.63) is 92.1 Å². The normalized spacial score (nSPS) is 10.4. The average molecular weight is 444 g/mol. The maximum Gasteiger partial charge on any atom is 0.271 e. The van der Waals surface area contributed by atoms with Crippen LogP contribution in [0.15, 0.2) is 64.0 Å². The smallest absolute Gasteiger partial charge is 0.271 e. The number of rotatable bonds is 4. The topological polar surface area (TPSA) is 91.1 Å². The third-order valence-corrected chi connectivity index (χ3v) is 4.44. The minimum atomic E-state index is -0.638. The molecule has 0 radical (unpaired) electrons. The van der Waals surface area contributed by atoms with Crippen molar-refractivity contribution >= 4 is 39.1 Å². The molecule has 28 heavy (non-hydrogen) atoms. The third kappa shape index (κ3) is 4.34. The Morgan fingerprint density at radius 3 is 2.46 bits per heavy atom. The predicted molar refractivity (Wildman–Crippen MR) is 108 cm³/mol. The summed E-state index contributed by atoms with van der Waals surface area (Å²) in [7, 11) is 0. The van der Waals surface area contributed by atoms with Crippen molar-refractivity contribution in [1.82, 2.24) is 4.98 Å². The second-order valence-electron chi connectivity index (χ2n) is 5.98. The van der Waals surface area contributed by atoms with Crippen molar-refractivity contribution in [2.24, 2.45) is 0 Å². The SMILES string of the molecule is Cc1ccc(C(=O)Nc2cc(Br)c[nH]c2=O)cc1NC(=O)c1ccccc1F. The third-order valence-electron chi connectivity index (χ3n) is 3.98. The highest BCUT2D eigenvalue weighted by atomic mass is 79.9. The summed E-state index contributed by atoms with van der Waals surface area (Å²) < 4.78 is 14.4. The van der Waals surface area contributed by atoms with Gasteiger partial charge in [0.1, 0.15) is 11.5 Å². The molecule has 3 N–H and O–H groups in total. The molecule has 0 aliphatic heterocycles. The number of carbonyl (C=O) groups excluding carboxylic acids is 2. The summed E-state index contributed by atoms with van der Waals surface area (Å²) in [6, 6.07) is 11.8. The van der Waals surface area contributed by atoms with Crippen LogP contribution in [-0.2, 0) is 0 Å². The zero-order valence-electron chi connectivity index (χ0n) is 14.7. The van der Waals surface area contributed by atoms with Crippen LogP contribution in [0.25, 0.3) is 0 Å². The first-order valence-corrected chi connectivity index (χ1v) is 9.00. The van der Waals surface area contributed by atoms with Gasteiger partial charge < -0.3 is 15.6 Å². The molecule has 3 rings (SSSR count). The number of benzene rings is 2. The number of nitrogens with one attached hydrogen (secondary N) is 3. The molecule has 1 heterocycles. The summed E-state index contributed by atoms with van der Waals surface area (Å²) in [5.41, 5.74) is 0.825. The average Bonchev–Trinajstić information content (AvgIpc) is 2.66. The van der Waals surface area contributed by atoms with E-state index in [-0.39, 0.29) is 16.8 Å². The van der Waals surface area contributed by atoms with Gasteiger partial charge in [-0.2, -0.15) is 0 Å². The van der Waals surface area contributed by atoms with E-state index in [4.69, 9.17) is 0 Å². The minimum absolute atomic E-state index is 0.0805. The van der Waals surface area contributed by atoms with Crippen molar-refractivity contribution in [2.45, 2.75) is 6.92 Å². The van der Waals surface area contributed by atoms with E-state index in [1.807, 2.05) is 0 Å². The van der Waals surface area contributed by atoms with E-state index in [1.165, 1.54) is 36.5 Å².